The van der Waals surface area contributed by atoms with Crippen LogP contribution in [0.2, 0.25) is 0 Å². The maximum atomic E-state index is 12.8. The molecule has 0 amide bonds. The normalized spacial score (nSPS) is 23.1. The summed E-state index contributed by atoms with van der Waals surface area (Å²) in [5.41, 5.74) is 0. The van der Waals surface area contributed by atoms with Gasteiger partial charge >= 0.3 is 19.8 Å². The molecule has 1 fully saturated rings. The van der Waals surface area contributed by atoms with E-state index in [2.05, 4.69) is 74.6 Å². The third-order valence-electron chi connectivity index (χ3n) is 9.53. The van der Waals surface area contributed by atoms with Crippen LogP contribution >= 0.6 is 7.82 Å². The minimum absolute atomic E-state index is 0.0132. The molecule has 14 heteroatoms. The van der Waals surface area contributed by atoms with Crippen LogP contribution in [0.3, 0.4) is 0 Å². The van der Waals surface area contributed by atoms with Crippen LogP contribution in [0.15, 0.2) is 72.9 Å². The van der Waals surface area contributed by atoms with Gasteiger partial charge in [-0.1, -0.05) is 125 Å². The van der Waals surface area contributed by atoms with Crippen molar-refractivity contribution in [2.75, 3.05) is 13.2 Å². The Kier molecular flexibility index (Phi) is 32.2. The van der Waals surface area contributed by atoms with Gasteiger partial charge in [0.25, 0.3) is 0 Å². The number of phosphoric ester groups is 1. The van der Waals surface area contributed by atoms with Gasteiger partial charge < -0.3 is 39.9 Å². The number of esters is 2. The van der Waals surface area contributed by atoms with Gasteiger partial charge in [-0.15, -0.1) is 0 Å². The molecule has 0 heterocycles. The number of hydrogen-bond donors (Lipinski definition) is 6. The topological polar surface area (TPSA) is 210 Å². The monoisotopic (exact) mass is 854 g/mol. The van der Waals surface area contributed by atoms with Crippen LogP contribution in [0.1, 0.15) is 142 Å². The number of carbonyl (C=O) groups is 2. The summed E-state index contributed by atoms with van der Waals surface area (Å²) >= 11 is 0. The molecule has 0 aromatic carbocycles. The first-order valence-electron chi connectivity index (χ1n) is 21.7. The second-order valence-corrected chi connectivity index (χ2v) is 16.2. The lowest BCUT2D eigenvalue weighted by atomic mass is 9.85. The van der Waals surface area contributed by atoms with Crippen molar-refractivity contribution in [3.05, 3.63) is 72.9 Å². The Hall–Kier alpha value is -2.71. The lowest BCUT2D eigenvalue weighted by Crippen LogP contribution is -2.64. The zero-order valence-corrected chi connectivity index (χ0v) is 36.4. The first-order chi connectivity index (χ1) is 28.4. The molecule has 13 nitrogen and oxygen atoms in total. The smallest absolute Gasteiger partial charge is 0.462 e. The van der Waals surface area contributed by atoms with Gasteiger partial charge in [0.1, 0.15) is 43.2 Å². The molecule has 0 saturated heterocycles. The quantitative estimate of drug-likeness (QED) is 0.0157. The van der Waals surface area contributed by atoms with E-state index < -0.39 is 75.7 Å². The number of phosphoric acid groups is 1. The van der Waals surface area contributed by atoms with Gasteiger partial charge in [-0.3, -0.25) is 18.6 Å². The lowest BCUT2D eigenvalue weighted by molar-refractivity contribution is -0.220. The van der Waals surface area contributed by atoms with Gasteiger partial charge in [0.05, 0.1) is 6.61 Å². The summed E-state index contributed by atoms with van der Waals surface area (Å²) < 4.78 is 33.4. The first-order valence-corrected chi connectivity index (χ1v) is 23.2. The molecule has 1 saturated carbocycles. The Bertz CT molecular complexity index is 1310. The van der Waals surface area contributed by atoms with E-state index in [1.54, 1.807) is 0 Å². The molecule has 0 radical (unpaired) electrons. The van der Waals surface area contributed by atoms with E-state index in [0.717, 1.165) is 70.6 Å². The summed E-state index contributed by atoms with van der Waals surface area (Å²) in [7, 11) is -5.14. The lowest BCUT2D eigenvalue weighted by Gasteiger charge is -2.41. The standard InChI is InChI=1S/C45H75O13P/c1-3-5-7-9-11-13-15-17-18-19-20-22-24-26-28-30-32-34-39(47)57-37(36-56-59(53,54)58-45-43(51)41(49)40(48)42(50)44(45)52)35-55-38(46)33-31-29-27-25-23-21-16-14-12-10-8-6-4-2/h5,7,11,13-14,16-18,20,22,26,28,37,40-45,48-52H,3-4,6,8-10,12,15,19,21,23-25,27,29-36H2,1-2H3,(H,53,54)/b7-5-,13-11-,16-14-,18-17-,22-20-,28-26-/t37-,40?,41-,42?,43?,44?,45?/m1/s1. The highest BCUT2D eigenvalue weighted by molar-refractivity contribution is 7.47. The molecule has 0 aromatic heterocycles. The fourth-order valence-corrected chi connectivity index (χ4v) is 6.99. The molecule has 1 rings (SSSR count). The highest BCUT2D eigenvalue weighted by atomic mass is 31.2. The van der Waals surface area contributed by atoms with E-state index in [0.29, 0.717) is 19.3 Å². The largest absolute Gasteiger partial charge is 0.472 e. The fourth-order valence-electron chi connectivity index (χ4n) is 6.02. The van der Waals surface area contributed by atoms with Crippen molar-refractivity contribution in [2.45, 2.75) is 185 Å². The van der Waals surface area contributed by atoms with Crippen molar-refractivity contribution < 1.29 is 63.1 Å². The second-order valence-electron chi connectivity index (χ2n) is 14.8. The number of ether oxygens (including phenoxy) is 2. The molecule has 59 heavy (non-hydrogen) atoms. The van der Waals surface area contributed by atoms with E-state index >= 15 is 0 Å². The first kappa shape index (κ1) is 54.3. The third-order valence-corrected chi connectivity index (χ3v) is 10.5. The molecule has 0 aliphatic heterocycles. The predicted molar refractivity (Wildman–Crippen MR) is 230 cm³/mol. The van der Waals surface area contributed by atoms with Crippen LogP contribution in [-0.2, 0) is 32.7 Å². The number of carbonyl (C=O) groups excluding carboxylic acids is 2. The van der Waals surface area contributed by atoms with Gasteiger partial charge in [-0.25, -0.2) is 4.57 Å². The predicted octanol–water partition coefficient (Wildman–Crippen LogP) is 7.94. The van der Waals surface area contributed by atoms with Gasteiger partial charge in [0, 0.05) is 12.8 Å². The molecule has 8 atom stereocenters. The third kappa shape index (κ3) is 27.7. The SMILES string of the molecule is CC/C=C\C/C=C\C/C=C\C/C=C\C/C=C\CCCC(=O)O[C@H](COC(=O)CCCCCCC/C=C\CCCCCC)COP(=O)(O)OC1C(O)C(O)C(O)[C@@H](O)C1O. The van der Waals surface area contributed by atoms with E-state index in [1.807, 2.05) is 12.2 Å². The number of rotatable bonds is 34. The molecule has 1 aliphatic carbocycles. The van der Waals surface area contributed by atoms with Crippen molar-refractivity contribution in [1.29, 1.82) is 0 Å². The van der Waals surface area contributed by atoms with Crippen molar-refractivity contribution >= 4 is 19.8 Å². The van der Waals surface area contributed by atoms with Crippen molar-refractivity contribution in [3.63, 3.8) is 0 Å². The zero-order valence-electron chi connectivity index (χ0n) is 35.5. The molecule has 338 valence electrons. The minimum atomic E-state index is -5.14. The highest BCUT2D eigenvalue weighted by Crippen LogP contribution is 2.47. The number of unbranched alkanes of at least 4 members (excludes halogenated alkanes) is 10. The average Bonchev–Trinajstić information content (AvgIpc) is 3.21. The van der Waals surface area contributed by atoms with Gasteiger partial charge in [-0.2, -0.15) is 0 Å². The maximum Gasteiger partial charge on any atom is 0.472 e. The molecule has 1 aliphatic rings. The van der Waals surface area contributed by atoms with Crippen LogP contribution < -0.4 is 0 Å². The number of aliphatic hydroxyl groups is 5. The Morgan fingerprint density at radius 3 is 1.54 bits per heavy atom. The van der Waals surface area contributed by atoms with E-state index in [4.69, 9.17) is 18.5 Å². The Morgan fingerprint density at radius 2 is 0.983 bits per heavy atom. The van der Waals surface area contributed by atoms with Crippen LogP contribution in [-0.4, -0.2) is 98.3 Å². The van der Waals surface area contributed by atoms with Crippen LogP contribution in [0.25, 0.3) is 0 Å². The molecule has 0 spiro atoms. The summed E-state index contributed by atoms with van der Waals surface area (Å²) in [6.07, 6.45) is 29.7. The number of allylic oxidation sites excluding steroid dienone is 12. The summed E-state index contributed by atoms with van der Waals surface area (Å²) in [5, 5.41) is 50.1. The van der Waals surface area contributed by atoms with E-state index in [9.17, 15) is 44.6 Å². The second kappa shape index (κ2) is 34.9. The van der Waals surface area contributed by atoms with Crippen molar-refractivity contribution in [1.82, 2.24) is 0 Å². The maximum absolute atomic E-state index is 12.8. The van der Waals surface area contributed by atoms with Crippen LogP contribution in [0, 0.1) is 0 Å². The summed E-state index contributed by atoms with van der Waals surface area (Å²) in [6.45, 7) is 3.09. The Labute approximate surface area is 353 Å². The minimum Gasteiger partial charge on any atom is -0.462 e. The Balaban J connectivity index is 2.55. The number of aliphatic hydroxyl groups excluding tert-OH is 5. The summed E-state index contributed by atoms with van der Waals surface area (Å²) in [4.78, 5) is 35.6. The van der Waals surface area contributed by atoms with E-state index in [1.165, 1.54) is 25.7 Å². The van der Waals surface area contributed by atoms with Crippen LogP contribution in [0.5, 0.6) is 0 Å². The highest BCUT2D eigenvalue weighted by Gasteiger charge is 2.51. The zero-order chi connectivity index (χ0) is 43.6. The van der Waals surface area contributed by atoms with Crippen molar-refractivity contribution in [3.8, 4) is 0 Å². The summed E-state index contributed by atoms with van der Waals surface area (Å²) in [5.74, 6) is -1.19. The van der Waals surface area contributed by atoms with Gasteiger partial charge in [-0.05, 0) is 77.0 Å². The summed E-state index contributed by atoms with van der Waals surface area (Å²) in [6, 6.07) is 0. The molecule has 0 aromatic rings. The molecule has 6 unspecified atom stereocenters. The Morgan fingerprint density at radius 1 is 0.542 bits per heavy atom. The molecule has 0 bridgehead atoms. The molecule has 6 N–H and O–H groups in total. The van der Waals surface area contributed by atoms with Crippen molar-refractivity contribution in [2.24, 2.45) is 0 Å². The van der Waals surface area contributed by atoms with Gasteiger partial charge in [0.2, 0.25) is 0 Å². The van der Waals surface area contributed by atoms with Gasteiger partial charge in [0.15, 0.2) is 6.10 Å². The molecular weight excluding hydrogens is 779 g/mol. The van der Waals surface area contributed by atoms with E-state index in [-0.39, 0.29) is 12.8 Å². The average molecular weight is 855 g/mol. The van der Waals surface area contributed by atoms with Crippen LogP contribution in [0.4, 0.5) is 0 Å². The fraction of sp³-hybridized carbons (Fsp3) is 0.689. The molecular formula is C45H75O13P. The number of hydrogen-bond acceptors (Lipinski definition) is 12.